The number of amides is 1. The van der Waals surface area contributed by atoms with Gasteiger partial charge >= 0.3 is 0 Å². The number of carbonyl (C=O) groups excluding carboxylic acids is 1. The number of carbonyl (C=O) groups is 1. The van der Waals surface area contributed by atoms with Crippen molar-refractivity contribution in [3.05, 3.63) is 84.1 Å². The highest BCUT2D eigenvalue weighted by molar-refractivity contribution is 5.87. The van der Waals surface area contributed by atoms with Gasteiger partial charge in [-0.15, -0.1) is 0 Å². The van der Waals surface area contributed by atoms with E-state index in [4.69, 9.17) is 9.72 Å². The molecule has 170 valence electrons. The second-order valence-corrected chi connectivity index (χ2v) is 8.38. The summed E-state index contributed by atoms with van der Waals surface area (Å²) in [6, 6.07) is 22.1. The highest BCUT2D eigenvalue weighted by Gasteiger charge is 2.30. The van der Waals surface area contributed by atoms with Crippen molar-refractivity contribution in [1.29, 1.82) is 0 Å². The summed E-state index contributed by atoms with van der Waals surface area (Å²) in [5.41, 5.74) is 2.06. The van der Waals surface area contributed by atoms with Crippen LogP contribution in [0.15, 0.2) is 72.9 Å². The first-order chi connectivity index (χ1) is 16.3. The summed E-state index contributed by atoms with van der Waals surface area (Å²) in [6.07, 6.45) is 1.82. The molecule has 0 spiro atoms. The van der Waals surface area contributed by atoms with Crippen molar-refractivity contribution in [3.8, 4) is 0 Å². The minimum Gasteiger partial charge on any atom is -0.378 e. The number of ether oxygens (including phenoxy) is 1. The van der Waals surface area contributed by atoms with Gasteiger partial charge in [0.2, 0.25) is 11.9 Å². The largest absolute Gasteiger partial charge is 0.378 e. The number of benzene rings is 2. The second kappa shape index (κ2) is 10.0. The Morgan fingerprint density at radius 2 is 1.36 bits per heavy atom. The van der Waals surface area contributed by atoms with Gasteiger partial charge in [0, 0.05) is 45.5 Å². The van der Waals surface area contributed by atoms with Crippen LogP contribution >= 0.6 is 0 Å². The third-order valence-corrected chi connectivity index (χ3v) is 6.35. The molecule has 2 aliphatic rings. The van der Waals surface area contributed by atoms with Crippen molar-refractivity contribution in [2.45, 2.75) is 5.92 Å². The zero-order valence-corrected chi connectivity index (χ0v) is 18.7. The molecule has 2 saturated heterocycles. The number of anilines is 2. The predicted octanol–water partition coefficient (Wildman–Crippen LogP) is 2.79. The normalized spacial score (nSPS) is 16.8. The van der Waals surface area contributed by atoms with Gasteiger partial charge in [-0.25, -0.2) is 4.98 Å². The zero-order chi connectivity index (χ0) is 22.5. The molecule has 1 aromatic heterocycles. The summed E-state index contributed by atoms with van der Waals surface area (Å²) in [4.78, 5) is 29.3. The van der Waals surface area contributed by atoms with E-state index in [1.54, 1.807) is 0 Å². The van der Waals surface area contributed by atoms with Crippen molar-refractivity contribution in [3.63, 3.8) is 0 Å². The third-order valence-electron chi connectivity index (χ3n) is 6.35. The van der Waals surface area contributed by atoms with Crippen LogP contribution in [0.3, 0.4) is 0 Å². The fraction of sp³-hybridized carbons (Fsp3) is 0.346. The molecular formula is C26H29N5O2. The molecule has 7 nitrogen and oxygen atoms in total. The van der Waals surface area contributed by atoms with E-state index in [2.05, 4.69) is 14.8 Å². The summed E-state index contributed by atoms with van der Waals surface area (Å²) < 4.78 is 5.44. The molecule has 0 radical (unpaired) electrons. The molecule has 2 aliphatic heterocycles. The van der Waals surface area contributed by atoms with Crippen LogP contribution in [-0.4, -0.2) is 73.3 Å². The van der Waals surface area contributed by atoms with Crippen LogP contribution in [0.2, 0.25) is 0 Å². The van der Waals surface area contributed by atoms with E-state index >= 15 is 0 Å². The average Bonchev–Trinajstić information content (AvgIpc) is 2.91. The van der Waals surface area contributed by atoms with Gasteiger partial charge < -0.3 is 19.4 Å². The first-order valence-corrected chi connectivity index (χ1v) is 11.6. The van der Waals surface area contributed by atoms with Gasteiger partial charge in [-0.2, -0.15) is 4.98 Å². The number of morpholine rings is 1. The molecule has 5 rings (SSSR count). The molecule has 0 atom stereocenters. The lowest BCUT2D eigenvalue weighted by Crippen LogP contribution is -2.50. The van der Waals surface area contributed by atoms with Crippen molar-refractivity contribution >= 4 is 17.7 Å². The molecule has 1 amide bonds. The Kier molecular flexibility index (Phi) is 6.48. The van der Waals surface area contributed by atoms with Crippen molar-refractivity contribution in [2.75, 3.05) is 62.3 Å². The number of piperazine rings is 1. The molecule has 2 fully saturated rings. The standard InChI is InChI=1S/C26H29N5O2/c32-25(24(21-7-3-1-4-8-21)22-9-5-2-6-10-22)30-15-13-29(14-16-30)23-11-12-27-26(28-23)31-17-19-33-20-18-31/h1-12,24H,13-20H2. The minimum absolute atomic E-state index is 0.156. The van der Waals surface area contributed by atoms with E-state index in [-0.39, 0.29) is 11.8 Å². The van der Waals surface area contributed by atoms with Gasteiger partial charge in [0.15, 0.2) is 0 Å². The van der Waals surface area contributed by atoms with Gasteiger partial charge in [-0.05, 0) is 17.2 Å². The van der Waals surface area contributed by atoms with Crippen LogP contribution in [-0.2, 0) is 9.53 Å². The van der Waals surface area contributed by atoms with Gasteiger partial charge in [0.25, 0.3) is 0 Å². The molecule has 3 heterocycles. The Hall–Kier alpha value is -3.45. The van der Waals surface area contributed by atoms with Crippen LogP contribution in [0.25, 0.3) is 0 Å². The number of hydrogen-bond donors (Lipinski definition) is 0. The van der Waals surface area contributed by atoms with E-state index in [0.717, 1.165) is 49.1 Å². The highest BCUT2D eigenvalue weighted by atomic mass is 16.5. The van der Waals surface area contributed by atoms with Crippen molar-refractivity contribution in [1.82, 2.24) is 14.9 Å². The minimum atomic E-state index is -0.286. The Morgan fingerprint density at radius 3 is 1.97 bits per heavy atom. The molecule has 0 unspecified atom stereocenters. The number of rotatable bonds is 5. The van der Waals surface area contributed by atoms with E-state index in [1.165, 1.54) is 0 Å². The summed E-state index contributed by atoms with van der Waals surface area (Å²) in [7, 11) is 0. The maximum absolute atomic E-state index is 13.7. The summed E-state index contributed by atoms with van der Waals surface area (Å²) in [6.45, 7) is 5.88. The van der Waals surface area contributed by atoms with Gasteiger partial charge in [-0.3, -0.25) is 4.79 Å². The SMILES string of the molecule is O=C(C(c1ccccc1)c1ccccc1)N1CCN(c2ccnc(N3CCOCC3)n2)CC1. The lowest BCUT2D eigenvalue weighted by molar-refractivity contribution is -0.132. The average molecular weight is 444 g/mol. The van der Waals surface area contributed by atoms with E-state index in [0.29, 0.717) is 26.3 Å². The third kappa shape index (κ3) is 4.83. The van der Waals surface area contributed by atoms with Gasteiger partial charge in [-0.1, -0.05) is 60.7 Å². The van der Waals surface area contributed by atoms with Crippen LogP contribution in [0, 0.1) is 0 Å². The smallest absolute Gasteiger partial charge is 0.234 e. The van der Waals surface area contributed by atoms with E-state index in [1.807, 2.05) is 77.8 Å². The first-order valence-electron chi connectivity index (χ1n) is 11.6. The molecule has 7 heteroatoms. The Morgan fingerprint density at radius 1 is 0.758 bits per heavy atom. The maximum atomic E-state index is 13.7. The lowest BCUT2D eigenvalue weighted by Gasteiger charge is -2.37. The van der Waals surface area contributed by atoms with Crippen LogP contribution in [0.5, 0.6) is 0 Å². The summed E-state index contributed by atoms with van der Waals surface area (Å²) >= 11 is 0. The maximum Gasteiger partial charge on any atom is 0.234 e. The molecule has 3 aromatic rings. The fourth-order valence-electron chi connectivity index (χ4n) is 4.54. The molecule has 2 aromatic carbocycles. The molecule has 0 aliphatic carbocycles. The number of hydrogen-bond acceptors (Lipinski definition) is 6. The summed E-state index contributed by atoms with van der Waals surface area (Å²) in [5, 5.41) is 0. The highest BCUT2D eigenvalue weighted by Crippen LogP contribution is 2.28. The molecule has 0 bridgehead atoms. The Labute approximate surface area is 194 Å². The second-order valence-electron chi connectivity index (χ2n) is 8.38. The molecule has 0 N–H and O–H groups in total. The monoisotopic (exact) mass is 443 g/mol. The van der Waals surface area contributed by atoms with Crippen LogP contribution < -0.4 is 9.80 Å². The van der Waals surface area contributed by atoms with E-state index < -0.39 is 0 Å². The predicted molar refractivity (Wildman–Crippen MR) is 129 cm³/mol. The summed E-state index contributed by atoms with van der Waals surface area (Å²) in [5.74, 6) is 1.54. The first kappa shape index (κ1) is 21.4. The fourth-order valence-corrected chi connectivity index (χ4v) is 4.54. The zero-order valence-electron chi connectivity index (χ0n) is 18.7. The topological polar surface area (TPSA) is 61.8 Å². The molecular weight excluding hydrogens is 414 g/mol. The molecule has 0 saturated carbocycles. The van der Waals surface area contributed by atoms with Gasteiger partial charge in [0.05, 0.1) is 19.1 Å². The Bertz CT molecular complexity index is 1010. The van der Waals surface area contributed by atoms with Crippen LogP contribution in [0.1, 0.15) is 17.0 Å². The van der Waals surface area contributed by atoms with E-state index in [9.17, 15) is 4.79 Å². The van der Waals surface area contributed by atoms with Gasteiger partial charge in [0.1, 0.15) is 5.82 Å². The molecule has 33 heavy (non-hydrogen) atoms. The Balaban J connectivity index is 1.29. The van der Waals surface area contributed by atoms with Crippen LogP contribution in [0.4, 0.5) is 11.8 Å². The quantitative estimate of drug-likeness (QED) is 0.604. The lowest BCUT2D eigenvalue weighted by atomic mass is 9.90. The van der Waals surface area contributed by atoms with Crippen molar-refractivity contribution < 1.29 is 9.53 Å². The van der Waals surface area contributed by atoms with Crippen molar-refractivity contribution in [2.24, 2.45) is 0 Å². The number of aromatic nitrogens is 2. The number of nitrogens with zero attached hydrogens (tertiary/aromatic N) is 5.